The van der Waals surface area contributed by atoms with Crippen LogP contribution >= 0.6 is 0 Å². The second kappa shape index (κ2) is 9.46. The van der Waals surface area contributed by atoms with Crippen molar-refractivity contribution in [3.63, 3.8) is 0 Å². The van der Waals surface area contributed by atoms with Crippen LogP contribution < -0.4 is 16.3 Å². The van der Waals surface area contributed by atoms with Gasteiger partial charge in [-0.15, -0.1) is 0 Å². The van der Waals surface area contributed by atoms with Gasteiger partial charge in [0.2, 0.25) is 0 Å². The molecule has 1 aliphatic rings. The molecule has 180 valence electrons. The number of hydrazine groups is 1. The Labute approximate surface area is 196 Å². The van der Waals surface area contributed by atoms with Gasteiger partial charge in [-0.3, -0.25) is 46.1 Å². The highest BCUT2D eigenvalue weighted by Crippen LogP contribution is 2.32. The van der Waals surface area contributed by atoms with Crippen molar-refractivity contribution < 1.29 is 28.3 Å². The van der Waals surface area contributed by atoms with Crippen LogP contribution in [0.5, 0.6) is 0 Å². The number of fused-ring (bicyclic) bond motifs is 1. The minimum absolute atomic E-state index is 0.0154. The van der Waals surface area contributed by atoms with Gasteiger partial charge in [-0.05, 0) is 38.0 Å². The molecule has 3 aromatic rings. The third kappa shape index (κ3) is 4.71. The fraction of sp³-hybridized carbons (Fsp3) is 0.190. The number of nitrogens with zero attached hydrogens (tertiary/aromatic N) is 3. The van der Waals surface area contributed by atoms with Crippen molar-refractivity contribution in [3.8, 4) is 0 Å². The van der Waals surface area contributed by atoms with Crippen LogP contribution in [-0.4, -0.2) is 27.4 Å². The molecule has 1 aromatic carbocycles. The summed E-state index contributed by atoms with van der Waals surface area (Å²) in [5.74, 6) is -0.828. The summed E-state index contributed by atoms with van der Waals surface area (Å²) in [7, 11) is 0. The van der Waals surface area contributed by atoms with E-state index >= 15 is 0 Å². The van der Waals surface area contributed by atoms with Crippen molar-refractivity contribution in [3.05, 3.63) is 85.2 Å². The van der Waals surface area contributed by atoms with E-state index in [0.717, 1.165) is 12.1 Å². The standard InChI is InChI=1S/C21H18N6O8/c1-11-18-14(23-22-13-8-7-12(26(30)31)10-15(13)27(32)33)4-2-5-16(18)35-19(11)21(29)25-24-20(28)17-6-3-9-34-17/h3,6-10,22H,2,4-5H2,1H3,(H,24,28)(H,25,29)/b23-14+. The second-order valence-electron chi connectivity index (χ2n) is 7.48. The van der Waals surface area contributed by atoms with E-state index in [-0.39, 0.29) is 17.2 Å². The first kappa shape index (κ1) is 23.2. The largest absolute Gasteiger partial charge is 0.459 e. The summed E-state index contributed by atoms with van der Waals surface area (Å²) in [5, 5.41) is 26.6. The maximum atomic E-state index is 12.6. The Bertz CT molecular complexity index is 1360. The number of anilines is 1. The Balaban J connectivity index is 1.55. The minimum Gasteiger partial charge on any atom is -0.459 e. The lowest BCUT2D eigenvalue weighted by atomic mass is 9.93. The number of non-ortho nitro benzene ring substituents is 1. The van der Waals surface area contributed by atoms with E-state index in [1.807, 2.05) is 0 Å². The summed E-state index contributed by atoms with van der Waals surface area (Å²) in [6.45, 7) is 1.65. The number of hydrogen-bond acceptors (Lipinski definition) is 10. The number of carbonyl (C=O) groups is 2. The van der Waals surface area contributed by atoms with E-state index < -0.39 is 33.0 Å². The van der Waals surface area contributed by atoms with Crippen LogP contribution in [0.2, 0.25) is 0 Å². The molecule has 0 saturated heterocycles. The zero-order valence-corrected chi connectivity index (χ0v) is 18.2. The van der Waals surface area contributed by atoms with E-state index in [4.69, 9.17) is 8.83 Å². The Hall–Kier alpha value is -5.01. The molecular formula is C21H18N6O8. The highest BCUT2D eigenvalue weighted by Gasteiger charge is 2.28. The van der Waals surface area contributed by atoms with Gasteiger partial charge >= 0.3 is 17.5 Å². The number of hydrazone groups is 1. The normalized spacial score (nSPS) is 13.7. The Morgan fingerprint density at radius 2 is 1.83 bits per heavy atom. The van der Waals surface area contributed by atoms with Gasteiger partial charge in [0.1, 0.15) is 11.4 Å². The number of amides is 2. The number of nitro benzene ring substituents is 2. The van der Waals surface area contributed by atoms with Crippen LogP contribution in [0.4, 0.5) is 17.1 Å². The van der Waals surface area contributed by atoms with Gasteiger partial charge in [0, 0.05) is 23.6 Å². The zero-order valence-electron chi connectivity index (χ0n) is 18.2. The topological polar surface area (TPSA) is 195 Å². The predicted molar refractivity (Wildman–Crippen MR) is 120 cm³/mol. The van der Waals surface area contributed by atoms with Gasteiger partial charge in [-0.25, -0.2) is 0 Å². The fourth-order valence-electron chi connectivity index (χ4n) is 3.64. The smallest absolute Gasteiger partial charge is 0.305 e. The fourth-order valence-corrected chi connectivity index (χ4v) is 3.64. The highest BCUT2D eigenvalue weighted by molar-refractivity contribution is 6.07. The van der Waals surface area contributed by atoms with Crippen molar-refractivity contribution in [2.75, 3.05) is 5.43 Å². The third-order valence-electron chi connectivity index (χ3n) is 5.27. The summed E-state index contributed by atoms with van der Waals surface area (Å²) in [5.41, 5.74) is 7.71. The molecule has 0 unspecified atom stereocenters. The molecule has 0 fully saturated rings. The molecule has 14 nitrogen and oxygen atoms in total. The van der Waals surface area contributed by atoms with Crippen LogP contribution in [0, 0.1) is 27.2 Å². The van der Waals surface area contributed by atoms with E-state index in [1.54, 1.807) is 6.92 Å². The van der Waals surface area contributed by atoms with Crippen molar-refractivity contribution in [1.29, 1.82) is 0 Å². The minimum atomic E-state index is -0.746. The molecule has 35 heavy (non-hydrogen) atoms. The predicted octanol–water partition coefficient (Wildman–Crippen LogP) is 3.22. The van der Waals surface area contributed by atoms with Gasteiger partial charge in [0.15, 0.2) is 11.5 Å². The number of benzene rings is 1. The monoisotopic (exact) mass is 482 g/mol. The molecule has 3 N–H and O–H groups in total. The number of furan rings is 2. The molecule has 2 aromatic heterocycles. The van der Waals surface area contributed by atoms with Gasteiger partial charge in [-0.2, -0.15) is 5.10 Å². The van der Waals surface area contributed by atoms with Crippen LogP contribution in [-0.2, 0) is 6.42 Å². The summed E-state index contributed by atoms with van der Waals surface area (Å²) in [6, 6.07) is 6.14. The SMILES string of the molecule is Cc1c(C(=O)NNC(=O)c2ccco2)oc2c1/C(=N/Nc1ccc([N+](=O)[O-])cc1[N+](=O)[O-])CCC2. The molecule has 0 bridgehead atoms. The van der Waals surface area contributed by atoms with Gasteiger partial charge < -0.3 is 8.83 Å². The molecule has 0 spiro atoms. The zero-order chi connectivity index (χ0) is 25.1. The number of rotatable bonds is 6. The molecule has 1 aliphatic carbocycles. The highest BCUT2D eigenvalue weighted by atomic mass is 16.6. The molecule has 0 atom stereocenters. The molecular weight excluding hydrogens is 464 g/mol. The lowest BCUT2D eigenvalue weighted by molar-refractivity contribution is -0.393. The molecule has 2 heterocycles. The lowest BCUT2D eigenvalue weighted by Crippen LogP contribution is -2.41. The first-order valence-electron chi connectivity index (χ1n) is 10.3. The quantitative estimate of drug-likeness (QED) is 0.349. The van der Waals surface area contributed by atoms with Crippen molar-refractivity contribution in [2.24, 2.45) is 5.10 Å². The van der Waals surface area contributed by atoms with Crippen molar-refractivity contribution in [2.45, 2.75) is 26.2 Å². The van der Waals surface area contributed by atoms with Gasteiger partial charge in [0.25, 0.3) is 5.69 Å². The van der Waals surface area contributed by atoms with E-state index in [9.17, 15) is 29.8 Å². The number of carbonyl (C=O) groups excluding carboxylic acids is 2. The molecule has 0 saturated carbocycles. The summed E-state index contributed by atoms with van der Waals surface area (Å²) in [4.78, 5) is 45.4. The average molecular weight is 482 g/mol. The second-order valence-corrected chi connectivity index (χ2v) is 7.48. The van der Waals surface area contributed by atoms with Crippen LogP contribution in [0.15, 0.2) is 50.5 Å². The first-order chi connectivity index (χ1) is 16.8. The maximum absolute atomic E-state index is 12.6. The first-order valence-corrected chi connectivity index (χ1v) is 10.3. The summed E-state index contributed by atoms with van der Waals surface area (Å²) in [6.07, 6.45) is 3.01. The van der Waals surface area contributed by atoms with E-state index in [1.165, 1.54) is 24.5 Å². The number of hydrogen-bond donors (Lipinski definition) is 3. The average Bonchev–Trinajstić information content (AvgIpc) is 3.49. The van der Waals surface area contributed by atoms with Gasteiger partial charge in [-0.1, -0.05) is 0 Å². The molecule has 0 aliphatic heterocycles. The molecule has 4 rings (SSSR count). The number of nitro groups is 2. The van der Waals surface area contributed by atoms with Crippen molar-refractivity contribution >= 4 is 34.6 Å². The molecule has 14 heteroatoms. The Morgan fingerprint density at radius 3 is 2.51 bits per heavy atom. The third-order valence-corrected chi connectivity index (χ3v) is 5.27. The van der Waals surface area contributed by atoms with Crippen LogP contribution in [0.1, 0.15) is 50.8 Å². The maximum Gasteiger partial charge on any atom is 0.305 e. The van der Waals surface area contributed by atoms with Crippen molar-refractivity contribution in [1.82, 2.24) is 10.9 Å². The summed E-state index contributed by atoms with van der Waals surface area (Å²) >= 11 is 0. The molecule has 0 radical (unpaired) electrons. The van der Waals surface area contributed by atoms with E-state index in [0.29, 0.717) is 41.9 Å². The Kier molecular flexibility index (Phi) is 6.26. The van der Waals surface area contributed by atoms with Crippen LogP contribution in [0.3, 0.4) is 0 Å². The Morgan fingerprint density at radius 1 is 1.06 bits per heavy atom. The van der Waals surface area contributed by atoms with Gasteiger partial charge in [0.05, 0.1) is 27.9 Å². The number of aryl methyl sites for hydroxylation is 1. The van der Waals surface area contributed by atoms with E-state index in [2.05, 4.69) is 21.4 Å². The molecule has 2 amide bonds. The van der Waals surface area contributed by atoms with Crippen LogP contribution in [0.25, 0.3) is 0 Å². The summed E-state index contributed by atoms with van der Waals surface area (Å²) < 4.78 is 10.7. The lowest BCUT2D eigenvalue weighted by Gasteiger charge is -2.13. The number of nitrogens with one attached hydrogen (secondary N) is 3.